The van der Waals surface area contributed by atoms with Crippen molar-refractivity contribution in [2.24, 2.45) is 0 Å². The molecular formula is C24H28F2N2O5. The summed E-state index contributed by atoms with van der Waals surface area (Å²) < 4.78 is 41.0. The van der Waals surface area contributed by atoms with Crippen LogP contribution in [-0.2, 0) is 4.79 Å². The van der Waals surface area contributed by atoms with Gasteiger partial charge in [0.25, 0.3) is 5.91 Å². The number of hydrogen-bond acceptors (Lipinski definition) is 5. The Morgan fingerprint density at radius 3 is 2.09 bits per heavy atom. The van der Waals surface area contributed by atoms with Crippen LogP contribution >= 0.6 is 0 Å². The average Bonchev–Trinajstić information content (AvgIpc) is 2.82. The number of benzene rings is 2. The number of amides is 2. The summed E-state index contributed by atoms with van der Waals surface area (Å²) in [6, 6.07) is 13.3. The van der Waals surface area contributed by atoms with E-state index in [2.05, 4.69) is 4.74 Å². The van der Waals surface area contributed by atoms with Gasteiger partial charge in [-0.05, 0) is 37.6 Å². The van der Waals surface area contributed by atoms with Crippen LogP contribution in [0.25, 0.3) is 0 Å². The van der Waals surface area contributed by atoms with Crippen molar-refractivity contribution in [2.45, 2.75) is 26.4 Å². The third-order valence-electron chi connectivity index (χ3n) is 5.19. The summed E-state index contributed by atoms with van der Waals surface area (Å²) in [6.07, 6.45) is 0.882. The molecule has 2 aromatic carbocycles. The molecule has 0 saturated carbocycles. The molecule has 1 fully saturated rings. The van der Waals surface area contributed by atoms with Gasteiger partial charge in [-0.25, -0.2) is 0 Å². The number of para-hydroxylation sites is 3. The number of rotatable bonds is 10. The normalized spacial score (nSPS) is 13.7. The minimum absolute atomic E-state index is 0.00905. The molecule has 178 valence electrons. The standard InChI is InChI=1S/C24H28F2N2O5/c1-2-31-20-10-5-6-11-21(20)32-17-7-12-22(29)27-13-15-28(16-14-27)23(30)18-8-3-4-9-19(18)33-24(25)26/h3-6,8-11,24H,2,7,12-17H2,1H3. The molecule has 0 unspecified atom stereocenters. The quantitative estimate of drug-likeness (QED) is 0.502. The van der Waals surface area contributed by atoms with Crippen molar-refractivity contribution in [1.29, 1.82) is 0 Å². The largest absolute Gasteiger partial charge is 0.490 e. The molecule has 1 heterocycles. The summed E-state index contributed by atoms with van der Waals surface area (Å²) in [5.41, 5.74) is 0.0852. The van der Waals surface area contributed by atoms with Gasteiger partial charge in [0.15, 0.2) is 11.5 Å². The van der Waals surface area contributed by atoms with Gasteiger partial charge in [-0.2, -0.15) is 8.78 Å². The Morgan fingerprint density at radius 2 is 1.45 bits per heavy atom. The number of carbonyl (C=O) groups is 2. The summed E-state index contributed by atoms with van der Waals surface area (Å²) >= 11 is 0. The molecule has 0 N–H and O–H groups in total. The molecule has 2 aromatic rings. The fourth-order valence-corrected chi connectivity index (χ4v) is 3.58. The van der Waals surface area contributed by atoms with Crippen LogP contribution in [0, 0.1) is 0 Å². The van der Waals surface area contributed by atoms with Crippen LogP contribution in [0.5, 0.6) is 17.2 Å². The second-order valence-corrected chi connectivity index (χ2v) is 7.38. The first-order valence-corrected chi connectivity index (χ1v) is 10.9. The van der Waals surface area contributed by atoms with E-state index < -0.39 is 6.61 Å². The molecule has 0 spiro atoms. The van der Waals surface area contributed by atoms with Crippen molar-refractivity contribution >= 4 is 11.8 Å². The van der Waals surface area contributed by atoms with Crippen LogP contribution in [0.2, 0.25) is 0 Å². The molecule has 0 aromatic heterocycles. The van der Waals surface area contributed by atoms with E-state index >= 15 is 0 Å². The van der Waals surface area contributed by atoms with Crippen molar-refractivity contribution in [3.8, 4) is 17.2 Å². The lowest BCUT2D eigenvalue weighted by molar-refractivity contribution is -0.132. The van der Waals surface area contributed by atoms with E-state index in [-0.39, 0.29) is 23.1 Å². The number of nitrogens with zero attached hydrogens (tertiary/aromatic N) is 2. The van der Waals surface area contributed by atoms with E-state index in [1.54, 1.807) is 15.9 Å². The minimum Gasteiger partial charge on any atom is -0.490 e. The zero-order chi connectivity index (χ0) is 23.6. The maximum atomic E-state index is 12.8. The van der Waals surface area contributed by atoms with E-state index in [0.29, 0.717) is 63.7 Å². The van der Waals surface area contributed by atoms with Gasteiger partial charge >= 0.3 is 6.61 Å². The lowest BCUT2D eigenvalue weighted by atomic mass is 10.1. The van der Waals surface area contributed by atoms with E-state index in [4.69, 9.17) is 9.47 Å². The lowest BCUT2D eigenvalue weighted by Gasteiger charge is -2.35. The van der Waals surface area contributed by atoms with Crippen molar-refractivity contribution in [2.75, 3.05) is 39.4 Å². The zero-order valence-corrected chi connectivity index (χ0v) is 18.5. The molecule has 1 aliphatic heterocycles. The van der Waals surface area contributed by atoms with Crippen LogP contribution in [-0.4, -0.2) is 67.6 Å². The monoisotopic (exact) mass is 462 g/mol. The molecule has 0 radical (unpaired) electrons. The van der Waals surface area contributed by atoms with Crippen LogP contribution in [0.3, 0.4) is 0 Å². The van der Waals surface area contributed by atoms with Gasteiger partial charge in [0.2, 0.25) is 5.91 Å². The van der Waals surface area contributed by atoms with Crippen LogP contribution < -0.4 is 14.2 Å². The Labute approximate surface area is 191 Å². The van der Waals surface area contributed by atoms with Gasteiger partial charge in [0.05, 0.1) is 18.8 Å². The van der Waals surface area contributed by atoms with Gasteiger partial charge in [0, 0.05) is 32.6 Å². The molecule has 1 saturated heterocycles. The number of piperazine rings is 1. The van der Waals surface area contributed by atoms with Crippen LogP contribution in [0.15, 0.2) is 48.5 Å². The molecular weight excluding hydrogens is 434 g/mol. The average molecular weight is 462 g/mol. The predicted molar refractivity (Wildman–Crippen MR) is 118 cm³/mol. The number of halogens is 2. The molecule has 3 rings (SSSR count). The summed E-state index contributed by atoms with van der Waals surface area (Å²) in [4.78, 5) is 28.6. The van der Waals surface area contributed by atoms with Crippen molar-refractivity contribution in [3.05, 3.63) is 54.1 Å². The van der Waals surface area contributed by atoms with E-state index in [9.17, 15) is 18.4 Å². The fraction of sp³-hybridized carbons (Fsp3) is 0.417. The molecule has 0 bridgehead atoms. The highest BCUT2D eigenvalue weighted by Crippen LogP contribution is 2.26. The Balaban J connectivity index is 1.44. The van der Waals surface area contributed by atoms with Crippen LogP contribution in [0.4, 0.5) is 8.78 Å². The highest BCUT2D eigenvalue weighted by Gasteiger charge is 2.26. The first kappa shape index (κ1) is 24.3. The lowest BCUT2D eigenvalue weighted by Crippen LogP contribution is -2.50. The summed E-state index contributed by atoms with van der Waals surface area (Å²) in [5.74, 6) is 0.773. The van der Waals surface area contributed by atoms with Gasteiger partial charge in [0.1, 0.15) is 5.75 Å². The zero-order valence-electron chi connectivity index (χ0n) is 18.5. The maximum absolute atomic E-state index is 12.8. The van der Waals surface area contributed by atoms with E-state index in [1.165, 1.54) is 18.2 Å². The Bertz CT molecular complexity index is 933. The third-order valence-corrected chi connectivity index (χ3v) is 5.19. The fourth-order valence-electron chi connectivity index (χ4n) is 3.58. The van der Waals surface area contributed by atoms with Crippen molar-refractivity contribution in [3.63, 3.8) is 0 Å². The summed E-state index contributed by atoms with van der Waals surface area (Å²) in [5, 5.41) is 0. The molecule has 0 atom stereocenters. The highest BCUT2D eigenvalue weighted by atomic mass is 19.3. The molecule has 7 nitrogen and oxygen atoms in total. The molecule has 1 aliphatic rings. The number of alkyl halides is 2. The third kappa shape index (κ3) is 6.81. The summed E-state index contributed by atoms with van der Waals surface area (Å²) in [6.45, 7) is 1.24. The first-order chi connectivity index (χ1) is 16.0. The Hall–Kier alpha value is -3.36. The van der Waals surface area contributed by atoms with Crippen molar-refractivity contribution < 1.29 is 32.6 Å². The smallest absolute Gasteiger partial charge is 0.387 e. The molecule has 33 heavy (non-hydrogen) atoms. The topological polar surface area (TPSA) is 68.3 Å². The highest BCUT2D eigenvalue weighted by molar-refractivity contribution is 5.97. The minimum atomic E-state index is -3.01. The summed E-state index contributed by atoms with van der Waals surface area (Å²) in [7, 11) is 0. The molecule has 2 amide bonds. The Kier molecular flexibility index (Phi) is 8.86. The SMILES string of the molecule is CCOc1ccccc1OCCCC(=O)N1CCN(C(=O)c2ccccc2OC(F)F)CC1. The van der Waals surface area contributed by atoms with Gasteiger partial charge in [-0.3, -0.25) is 9.59 Å². The maximum Gasteiger partial charge on any atom is 0.387 e. The van der Waals surface area contributed by atoms with Crippen LogP contribution in [0.1, 0.15) is 30.1 Å². The van der Waals surface area contributed by atoms with E-state index in [1.807, 2.05) is 31.2 Å². The first-order valence-electron chi connectivity index (χ1n) is 10.9. The second kappa shape index (κ2) is 12.0. The van der Waals surface area contributed by atoms with Gasteiger partial charge < -0.3 is 24.0 Å². The predicted octanol–water partition coefficient (Wildman–Crippen LogP) is 3.83. The number of carbonyl (C=O) groups excluding carboxylic acids is 2. The second-order valence-electron chi connectivity index (χ2n) is 7.38. The van der Waals surface area contributed by atoms with E-state index in [0.717, 1.165) is 0 Å². The number of hydrogen-bond donors (Lipinski definition) is 0. The Morgan fingerprint density at radius 1 is 0.879 bits per heavy atom. The molecule has 0 aliphatic carbocycles. The molecule has 9 heteroatoms. The van der Waals surface area contributed by atoms with Gasteiger partial charge in [-0.1, -0.05) is 24.3 Å². The van der Waals surface area contributed by atoms with Crippen molar-refractivity contribution in [1.82, 2.24) is 9.80 Å². The van der Waals surface area contributed by atoms with Gasteiger partial charge in [-0.15, -0.1) is 0 Å². The number of ether oxygens (including phenoxy) is 3.